The highest BCUT2D eigenvalue weighted by Gasteiger charge is 2.19. The third-order valence-corrected chi connectivity index (χ3v) is 3.39. The van der Waals surface area contributed by atoms with E-state index in [9.17, 15) is 14.9 Å². The predicted molar refractivity (Wildman–Crippen MR) is 83.9 cm³/mol. The Hall–Kier alpha value is -2.11. The van der Waals surface area contributed by atoms with Crippen LogP contribution in [-0.2, 0) is 0 Å². The molecule has 0 aromatic heterocycles. The van der Waals surface area contributed by atoms with Gasteiger partial charge in [-0.25, -0.2) is 0 Å². The zero-order valence-corrected chi connectivity index (χ0v) is 13.2. The van der Waals surface area contributed by atoms with Crippen molar-refractivity contribution in [2.24, 2.45) is 0 Å². The summed E-state index contributed by atoms with van der Waals surface area (Å²) in [5, 5.41) is 11.0. The second kappa shape index (κ2) is 9.76. The van der Waals surface area contributed by atoms with Crippen LogP contribution in [-0.4, -0.2) is 24.9 Å². The molecule has 0 bridgehead atoms. The van der Waals surface area contributed by atoms with Gasteiger partial charge in [0.05, 0.1) is 30.3 Å². The fourth-order valence-corrected chi connectivity index (χ4v) is 2.15. The number of carbonyl (C=O) groups is 1. The third-order valence-electron chi connectivity index (χ3n) is 3.39. The molecule has 1 aromatic carbocycles. The minimum atomic E-state index is -0.596. The molecular formula is C16H23NO5. The summed E-state index contributed by atoms with van der Waals surface area (Å²) in [6.07, 6.45) is 7.23. The van der Waals surface area contributed by atoms with Crippen LogP contribution in [0.1, 0.15) is 55.8 Å². The summed E-state index contributed by atoms with van der Waals surface area (Å²) < 4.78 is 10.7. The molecule has 0 saturated carbocycles. The molecule has 0 aliphatic heterocycles. The van der Waals surface area contributed by atoms with Gasteiger partial charge in [0.1, 0.15) is 0 Å². The number of nitrogens with zero attached hydrogens (tertiary/aromatic N) is 1. The molecule has 22 heavy (non-hydrogen) atoms. The van der Waals surface area contributed by atoms with Gasteiger partial charge in [0.25, 0.3) is 5.69 Å². The number of aldehydes is 1. The van der Waals surface area contributed by atoms with Gasteiger partial charge in [0, 0.05) is 6.07 Å². The van der Waals surface area contributed by atoms with Crippen molar-refractivity contribution in [2.45, 2.75) is 45.4 Å². The maximum absolute atomic E-state index is 11.0. The average Bonchev–Trinajstić information content (AvgIpc) is 2.53. The molecule has 0 aliphatic carbocycles. The van der Waals surface area contributed by atoms with Gasteiger partial charge in [-0.1, -0.05) is 39.0 Å². The van der Waals surface area contributed by atoms with Crippen LogP contribution in [0.25, 0.3) is 0 Å². The van der Waals surface area contributed by atoms with Crippen molar-refractivity contribution in [1.29, 1.82) is 0 Å². The van der Waals surface area contributed by atoms with E-state index in [0.717, 1.165) is 12.8 Å². The Morgan fingerprint density at radius 3 is 2.41 bits per heavy atom. The average molecular weight is 309 g/mol. The molecule has 0 aliphatic rings. The minimum absolute atomic E-state index is 0.0197. The van der Waals surface area contributed by atoms with Gasteiger partial charge in [-0.05, 0) is 6.42 Å². The third kappa shape index (κ3) is 5.35. The summed E-state index contributed by atoms with van der Waals surface area (Å²) in [4.78, 5) is 21.3. The van der Waals surface area contributed by atoms with E-state index in [0.29, 0.717) is 24.4 Å². The molecule has 0 radical (unpaired) electrons. The van der Waals surface area contributed by atoms with E-state index in [1.807, 2.05) is 0 Å². The zero-order valence-electron chi connectivity index (χ0n) is 13.2. The highest BCUT2D eigenvalue weighted by Crippen LogP contribution is 2.34. The lowest BCUT2D eigenvalue weighted by atomic mass is 10.1. The van der Waals surface area contributed by atoms with Crippen molar-refractivity contribution >= 4 is 12.0 Å². The van der Waals surface area contributed by atoms with E-state index in [4.69, 9.17) is 9.47 Å². The Balaban J connectivity index is 2.63. The van der Waals surface area contributed by atoms with Crippen LogP contribution < -0.4 is 9.47 Å². The molecule has 0 heterocycles. The highest BCUT2D eigenvalue weighted by molar-refractivity contribution is 5.83. The van der Waals surface area contributed by atoms with Gasteiger partial charge in [-0.3, -0.25) is 14.9 Å². The molecule has 1 rings (SSSR count). The van der Waals surface area contributed by atoms with E-state index in [1.165, 1.54) is 44.9 Å². The lowest BCUT2D eigenvalue weighted by Crippen LogP contribution is -2.02. The second-order valence-electron chi connectivity index (χ2n) is 5.05. The van der Waals surface area contributed by atoms with Gasteiger partial charge in [-0.2, -0.15) is 0 Å². The van der Waals surface area contributed by atoms with E-state index in [1.54, 1.807) is 0 Å². The number of rotatable bonds is 11. The Morgan fingerprint density at radius 1 is 1.14 bits per heavy atom. The molecule has 0 saturated heterocycles. The van der Waals surface area contributed by atoms with E-state index in [-0.39, 0.29) is 11.3 Å². The van der Waals surface area contributed by atoms with Crippen molar-refractivity contribution in [3.8, 4) is 11.5 Å². The Labute approximate surface area is 130 Å². The number of nitro groups is 1. The molecule has 0 amide bonds. The SMILES string of the molecule is CCCCCCCCOc1cc([N+](=O)[O-])c(C=O)cc1OC. The van der Waals surface area contributed by atoms with Crippen molar-refractivity contribution in [3.05, 3.63) is 27.8 Å². The first kappa shape index (κ1) is 17.9. The van der Waals surface area contributed by atoms with Gasteiger partial charge in [0.15, 0.2) is 17.8 Å². The van der Waals surface area contributed by atoms with E-state index in [2.05, 4.69) is 6.92 Å². The predicted octanol–water partition coefficient (Wildman–Crippen LogP) is 4.16. The van der Waals surface area contributed by atoms with Gasteiger partial charge in [0.2, 0.25) is 0 Å². The Kier molecular flexibility index (Phi) is 7.96. The summed E-state index contributed by atoms with van der Waals surface area (Å²) in [5.41, 5.74) is -0.289. The van der Waals surface area contributed by atoms with Gasteiger partial charge < -0.3 is 9.47 Å². The Bertz CT molecular complexity index is 502. The van der Waals surface area contributed by atoms with Gasteiger partial charge >= 0.3 is 0 Å². The monoisotopic (exact) mass is 309 g/mol. The number of carbonyl (C=O) groups excluding carboxylic acids is 1. The van der Waals surface area contributed by atoms with Crippen molar-refractivity contribution in [2.75, 3.05) is 13.7 Å². The summed E-state index contributed by atoms with van der Waals surface area (Å²) in [6, 6.07) is 2.58. The molecule has 1 aromatic rings. The van der Waals surface area contributed by atoms with Crippen LogP contribution in [0.5, 0.6) is 11.5 Å². The lowest BCUT2D eigenvalue weighted by Gasteiger charge is -2.11. The molecule has 0 N–H and O–H groups in total. The highest BCUT2D eigenvalue weighted by atomic mass is 16.6. The fourth-order valence-electron chi connectivity index (χ4n) is 2.15. The van der Waals surface area contributed by atoms with Crippen LogP contribution in [0.3, 0.4) is 0 Å². The number of methoxy groups -OCH3 is 1. The molecule has 0 spiro atoms. The standard InChI is InChI=1S/C16H23NO5/c1-3-4-5-6-7-8-9-22-16-11-14(17(19)20)13(12-18)10-15(16)21-2/h10-12H,3-9H2,1-2H3. The molecular weight excluding hydrogens is 286 g/mol. The summed E-state index contributed by atoms with van der Waals surface area (Å²) in [7, 11) is 1.44. The number of hydrogen-bond acceptors (Lipinski definition) is 5. The summed E-state index contributed by atoms with van der Waals surface area (Å²) in [5.74, 6) is 0.632. The van der Waals surface area contributed by atoms with Crippen molar-refractivity contribution in [3.63, 3.8) is 0 Å². The number of benzene rings is 1. The lowest BCUT2D eigenvalue weighted by molar-refractivity contribution is -0.385. The molecule has 0 unspecified atom stereocenters. The van der Waals surface area contributed by atoms with Crippen LogP contribution in [0.4, 0.5) is 5.69 Å². The molecule has 0 atom stereocenters. The molecule has 6 nitrogen and oxygen atoms in total. The maximum Gasteiger partial charge on any atom is 0.283 e. The summed E-state index contributed by atoms with van der Waals surface area (Å²) >= 11 is 0. The second-order valence-corrected chi connectivity index (χ2v) is 5.05. The van der Waals surface area contributed by atoms with E-state index < -0.39 is 4.92 Å². The van der Waals surface area contributed by atoms with Gasteiger partial charge in [-0.15, -0.1) is 0 Å². The number of hydrogen-bond donors (Lipinski definition) is 0. The van der Waals surface area contributed by atoms with Crippen LogP contribution in [0.2, 0.25) is 0 Å². The molecule has 0 fully saturated rings. The molecule has 6 heteroatoms. The van der Waals surface area contributed by atoms with E-state index >= 15 is 0 Å². The molecule has 122 valence electrons. The first-order chi connectivity index (χ1) is 10.6. The maximum atomic E-state index is 11.0. The normalized spacial score (nSPS) is 10.3. The summed E-state index contributed by atoms with van der Waals surface area (Å²) in [6.45, 7) is 2.64. The topological polar surface area (TPSA) is 78.7 Å². The first-order valence-electron chi connectivity index (χ1n) is 7.58. The van der Waals surface area contributed by atoms with Crippen LogP contribution >= 0.6 is 0 Å². The van der Waals surface area contributed by atoms with Crippen LogP contribution in [0, 0.1) is 10.1 Å². The van der Waals surface area contributed by atoms with Crippen molar-refractivity contribution in [1.82, 2.24) is 0 Å². The zero-order chi connectivity index (χ0) is 16.4. The largest absolute Gasteiger partial charge is 0.493 e. The first-order valence-corrected chi connectivity index (χ1v) is 7.58. The van der Waals surface area contributed by atoms with Crippen molar-refractivity contribution < 1.29 is 19.2 Å². The fraction of sp³-hybridized carbons (Fsp3) is 0.562. The number of unbranched alkanes of at least 4 members (excludes halogenated alkanes) is 5. The number of nitro benzene ring substituents is 1. The van der Waals surface area contributed by atoms with Crippen LogP contribution in [0.15, 0.2) is 12.1 Å². The minimum Gasteiger partial charge on any atom is -0.493 e. The number of ether oxygens (including phenoxy) is 2. The smallest absolute Gasteiger partial charge is 0.283 e. The Morgan fingerprint density at radius 2 is 1.82 bits per heavy atom. The quantitative estimate of drug-likeness (QED) is 0.265.